The minimum atomic E-state index is 0.174. The summed E-state index contributed by atoms with van der Waals surface area (Å²) in [7, 11) is 0. The van der Waals surface area contributed by atoms with E-state index in [0.29, 0.717) is 12.3 Å². The molecule has 4 heteroatoms. The third kappa shape index (κ3) is 5.74. The third-order valence-electron chi connectivity index (χ3n) is 2.79. The van der Waals surface area contributed by atoms with Gasteiger partial charge in [-0.2, -0.15) is 0 Å². The van der Waals surface area contributed by atoms with Gasteiger partial charge in [-0.1, -0.05) is 0 Å². The van der Waals surface area contributed by atoms with Crippen molar-refractivity contribution in [3.05, 3.63) is 0 Å². The van der Waals surface area contributed by atoms with Crippen molar-refractivity contribution < 1.29 is 9.90 Å². The molecule has 0 spiro atoms. The average molecular weight is 214 g/mol. The summed E-state index contributed by atoms with van der Waals surface area (Å²) >= 11 is 0. The second kappa shape index (κ2) is 7.65. The molecule has 1 aliphatic heterocycles. The van der Waals surface area contributed by atoms with Gasteiger partial charge in [-0.05, 0) is 44.7 Å². The number of carbonyl (C=O) groups is 1. The molecule has 1 fully saturated rings. The molecule has 0 aliphatic carbocycles. The zero-order valence-corrected chi connectivity index (χ0v) is 9.30. The molecule has 1 atom stereocenters. The third-order valence-corrected chi connectivity index (χ3v) is 2.79. The molecular formula is C11H22N2O2. The van der Waals surface area contributed by atoms with Crippen molar-refractivity contribution in [3.63, 3.8) is 0 Å². The quantitative estimate of drug-likeness (QED) is 0.533. The van der Waals surface area contributed by atoms with Crippen LogP contribution in [0.4, 0.5) is 0 Å². The molecule has 0 aromatic heterocycles. The highest BCUT2D eigenvalue weighted by Crippen LogP contribution is 2.11. The standard InChI is InChI=1S/C11H22N2O2/c14-7-3-1-2-5-13-11(15)8-10-4-6-12-9-10/h10,12,14H,1-9H2,(H,13,15). The first-order chi connectivity index (χ1) is 7.33. The van der Waals surface area contributed by atoms with Crippen molar-refractivity contribution in [1.82, 2.24) is 10.6 Å². The number of amides is 1. The number of unbranched alkanes of at least 4 members (excludes halogenated alkanes) is 2. The molecule has 1 amide bonds. The predicted molar refractivity (Wildman–Crippen MR) is 59.5 cm³/mol. The summed E-state index contributed by atoms with van der Waals surface area (Å²) in [6.45, 7) is 3.03. The van der Waals surface area contributed by atoms with Gasteiger partial charge >= 0.3 is 0 Å². The van der Waals surface area contributed by atoms with E-state index < -0.39 is 0 Å². The molecule has 1 unspecified atom stereocenters. The van der Waals surface area contributed by atoms with E-state index >= 15 is 0 Å². The van der Waals surface area contributed by atoms with Gasteiger partial charge in [0.1, 0.15) is 0 Å². The summed E-state index contributed by atoms with van der Waals surface area (Å²) < 4.78 is 0. The lowest BCUT2D eigenvalue weighted by Crippen LogP contribution is -2.27. The highest BCUT2D eigenvalue weighted by Gasteiger charge is 2.17. The normalized spacial score (nSPS) is 20.5. The van der Waals surface area contributed by atoms with Gasteiger partial charge in [-0.15, -0.1) is 0 Å². The number of rotatable bonds is 7. The molecule has 1 saturated heterocycles. The maximum absolute atomic E-state index is 11.4. The minimum Gasteiger partial charge on any atom is -0.396 e. The SMILES string of the molecule is O=C(CC1CCNC1)NCCCCCO. The summed E-state index contributed by atoms with van der Waals surface area (Å²) in [5, 5.41) is 14.7. The van der Waals surface area contributed by atoms with Crippen molar-refractivity contribution in [2.24, 2.45) is 5.92 Å². The molecule has 0 aromatic carbocycles. The minimum absolute atomic E-state index is 0.174. The number of hydrogen-bond donors (Lipinski definition) is 3. The maximum Gasteiger partial charge on any atom is 0.220 e. The molecular weight excluding hydrogens is 192 g/mol. The highest BCUT2D eigenvalue weighted by atomic mass is 16.2. The number of carbonyl (C=O) groups excluding carboxylic acids is 1. The predicted octanol–water partition coefficient (Wildman–Crippen LogP) is 0.265. The van der Waals surface area contributed by atoms with Crippen LogP contribution in [-0.2, 0) is 4.79 Å². The van der Waals surface area contributed by atoms with E-state index in [4.69, 9.17) is 5.11 Å². The van der Waals surface area contributed by atoms with Gasteiger partial charge in [-0.3, -0.25) is 4.79 Å². The molecule has 4 nitrogen and oxygen atoms in total. The van der Waals surface area contributed by atoms with Crippen LogP contribution in [0.1, 0.15) is 32.1 Å². The Labute approximate surface area is 91.4 Å². The van der Waals surface area contributed by atoms with E-state index in [1.165, 1.54) is 0 Å². The van der Waals surface area contributed by atoms with Gasteiger partial charge in [0.25, 0.3) is 0 Å². The van der Waals surface area contributed by atoms with E-state index in [1.54, 1.807) is 0 Å². The second-order valence-electron chi connectivity index (χ2n) is 4.20. The first-order valence-corrected chi connectivity index (χ1v) is 5.91. The van der Waals surface area contributed by atoms with Gasteiger partial charge in [-0.25, -0.2) is 0 Å². The molecule has 3 N–H and O–H groups in total. The van der Waals surface area contributed by atoms with Crippen LogP contribution in [0.2, 0.25) is 0 Å². The lowest BCUT2D eigenvalue weighted by Gasteiger charge is -2.08. The van der Waals surface area contributed by atoms with E-state index in [0.717, 1.165) is 45.3 Å². The Morgan fingerprint density at radius 2 is 2.27 bits per heavy atom. The van der Waals surface area contributed by atoms with E-state index in [1.807, 2.05) is 0 Å². The molecule has 0 aromatic rings. The van der Waals surface area contributed by atoms with Crippen molar-refractivity contribution >= 4 is 5.91 Å². The van der Waals surface area contributed by atoms with E-state index in [-0.39, 0.29) is 12.5 Å². The Morgan fingerprint density at radius 3 is 2.93 bits per heavy atom. The summed E-state index contributed by atoms with van der Waals surface area (Å²) in [4.78, 5) is 11.4. The Kier molecular flexibility index (Phi) is 6.36. The number of nitrogens with one attached hydrogen (secondary N) is 2. The van der Waals surface area contributed by atoms with E-state index in [9.17, 15) is 4.79 Å². The zero-order chi connectivity index (χ0) is 10.9. The van der Waals surface area contributed by atoms with Crippen LogP contribution >= 0.6 is 0 Å². The molecule has 1 aliphatic rings. The summed E-state index contributed by atoms with van der Waals surface area (Å²) in [5.74, 6) is 0.704. The number of aliphatic hydroxyl groups excluding tert-OH is 1. The maximum atomic E-state index is 11.4. The number of hydrogen-bond acceptors (Lipinski definition) is 3. The Balaban J connectivity index is 1.93. The summed E-state index contributed by atoms with van der Waals surface area (Å²) in [6, 6.07) is 0. The average Bonchev–Trinajstić information content (AvgIpc) is 2.70. The summed E-state index contributed by atoms with van der Waals surface area (Å²) in [6.07, 6.45) is 4.57. The van der Waals surface area contributed by atoms with Crippen LogP contribution in [-0.4, -0.2) is 37.3 Å². The van der Waals surface area contributed by atoms with E-state index in [2.05, 4.69) is 10.6 Å². The smallest absolute Gasteiger partial charge is 0.220 e. The molecule has 88 valence electrons. The first kappa shape index (κ1) is 12.5. The Morgan fingerprint density at radius 1 is 1.40 bits per heavy atom. The fraction of sp³-hybridized carbons (Fsp3) is 0.909. The largest absolute Gasteiger partial charge is 0.396 e. The van der Waals surface area contributed by atoms with Gasteiger partial charge in [0, 0.05) is 19.6 Å². The molecule has 15 heavy (non-hydrogen) atoms. The topological polar surface area (TPSA) is 61.4 Å². The Hall–Kier alpha value is -0.610. The summed E-state index contributed by atoms with van der Waals surface area (Å²) in [5.41, 5.74) is 0. The molecule has 0 radical (unpaired) electrons. The van der Waals surface area contributed by atoms with Crippen LogP contribution in [0.3, 0.4) is 0 Å². The fourth-order valence-electron chi connectivity index (χ4n) is 1.86. The molecule has 0 bridgehead atoms. The second-order valence-corrected chi connectivity index (χ2v) is 4.20. The van der Waals surface area contributed by atoms with Crippen molar-refractivity contribution in [2.75, 3.05) is 26.2 Å². The molecule has 1 rings (SSSR count). The van der Waals surface area contributed by atoms with Gasteiger partial charge < -0.3 is 15.7 Å². The van der Waals surface area contributed by atoms with Crippen molar-refractivity contribution in [3.8, 4) is 0 Å². The Bertz CT molecular complexity index is 179. The van der Waals surface area contributed by atoms with Crippen LogP contribution < -0.4 is 10.6 Å². The van der Waals surface area contributed by atoms with Crippen molar-refractivity contribution in [1.29, 1.82) is 0 Å². The van der Waals surface area contributed by atoms with Gasteiger partial charge in [0.15, 0.2) is 0 Å². The lowest BCUT2D eigenvalue weighted by molar-refractivity contribution is -0.121. The van der Waals surface area contributed by atoms with Gasteiger partial charge in [0.2, 0.25) is 5.91 Å². The zero-order valence-electron chi connectivity index (χ0n) is 9.30. The van der Waals surface area contributed by atoms with Crippen LogP contribution in [0.5, 0.6) is 0 Å². The van der Waals surface area contributed by atoms with Crippen molar-refractivity contribution in [2.45, 2.75) is 32.1 Å². The number of aliphatic hydroxyl groups is 1. The van der Waals surface area contributed by atoms with Gasteiger partial charge in [0.05, 0.1) is 0 Å². The van der Waals surface area contributed by atoms with Crippen LogP contribution in [0, 0.1) is 5.92 Å². The monoisotopic (exact) mass is 214 g/mol. The fourth-order valence-corrected chi connectivity index (χ4v) is 1.86. The first-order valence-electron chi connectivity index (χ1n) is 5.91. The molecule has 0 saturated carbocycles. The van der Waals surface area contributed by atoms with Crippen LogP contribution in [0.25, 0.3) is 0 Å². The lowest BCUT2D eigenvalue weighted by atomic mass is 10.0. The highest BCUT2D eigenvalue weighted by molar-refractivity contribution is 5.76. The molecule has 1 heterocycles. The van der Waals surface area contributed by atoms with Crippen LogP contribution in [0.15, 0.2) is 0 Å².